The average molecular weight is 311 g/mol. The lowest BCUT2D eigenvalue weighted by Crippen LogP contribution is -2.30. The van der Waals surface area contributed by atoms with Crippen molar-refractivity contribution < 1.29 is 9.21 Å². The van der Waals surface area contributed by atoms with Gasteiger partial charge in [0, 0.05) is 25.4 Å². The maximum atomic E-state index is 12.5. The number of amides is 1. The summed E-state index contributed by atoms with van der Waals surface area (Å²) in [6.07, 6.45) is 4.19. The van der Waals surface area contributed by atoms with Crippen LogP contribution >= 0.6 is 0 Å². The second-order valence-corrected chi connectivity index (χ2v) is 7.09. The van der Waals surface area contributed by atoms with Gasteiger partial charge in [0.2, 0.25) is 5.91 Å². The first-order valence-electron chi connectivity index (χ1n) is 8.43. The summed E-state index contributed by atoms with van der Waals surface area (Å²) in [7, 11) is 0. The molecule has 1 unspecified atom stereocenters. The van der Waals surface area contributed by atoms with Gasteiger partial charge in [-0.25, -0.2) is 0 Å². The Morgan fingerprint density at radius 2 is 2.00 bits per heavy atom. The minimum absolute atomic E-state index is 0.0249. The molecule has 3 nitrogen and oxygen atoms in total. The number of hydrogen-bond donors (Lipinski definition) is 0. The van der Waals surface area contributed by atoms with E-state index in [1.807, 2.05) is 23.1 Å². The SMILES string of the molecule is CC(C)(CCC(=O)N1CCC(c2ccco2)C1)c1ccccc1. The van der Waals surface area contributed by atoms with Gasteiger partial charge < -0.3 is 9.32 Å². The molecule has 0 spiro atoms. The Kier molecular flexibility index (Phi) is 4.56. The molecule has 1 saturated heterocycles. The molecular weight excluding hydrogens is 286 g/mol. The van der Waals surface area contributed by atoms with Crippen LogP contribution in [0, 0.1) is 0 Å². The molecule has 0 bridgehead atoms. The van der Waals surface area contributed by atoms with Crippen LogP contribution in [-0.4, -0.2) is 23.9 Å². The van der Waals surface area contributed by atoms with Crippen LogP contribution in [-0.2, 0) is 10.2 Å². The van der Waals surface area contributed by atoms with E-state index in [2.05, 4.69) is 38.1 Å². The Balaban J connectivity index is 1.54. The standard InChI is InChI=1S/C20H25NO2/c1-20(2,17-7-4-3-5-8-17)12-10-19(22)21-13-11-16(15-21)18-9-6-14-23-18/h3-9,14,16H,10-13,15H2,1-2H3. The lowest BCUT2D eigenvalue weighted by atomic mass is 9.80. The van der Waals surface area contributed by atoms with Gasteiger partial charge in [-0.05, 0) is 36.0 Å². The van der Waals surface area contributed by atoms with Crippen LogP contribution in [0.3, 0.4) is 0 Å². The maximum Gasteiger partial charge on any atom is 0.222 e. The molecule has 2 heterocycles. The highest BCUT2D eigenvalue weighted by atomic mass is 16.3. The summed E-state index contributed by atoms with van der Waals surface area (Å²) < 4.78 is 5.48. The number of benzene rings is 1. The van der Waals surface area contributed by atoms with Crippen molar-refractivity contribution in [2.45, 2.75) is 44.4 Å². The third-order valence-corrected chi connectivity index (χ3v) is 5.01. The highest BCUT2D eigenvalue weighted by molar-refractivity contribution is 5.76. The number of hydrogen-bond acceptors (Lipinski definition) is 2. The molecular formula is C20H25NO2. The van der Waals surface area contributed by atoms with Crippen molar-refractivity contribution >= 4 is 5.91 Å². The van der Waals surface area contributed by atoms with Crippen LogP contribution in [0.2, 0.25) is 0 Å². The topological polar surface area (TPSA) is 33.5 Å². The molecule has 122 valence electrons. The molecule has 0 radical (unpaired) electrons. The molecule has 23 heavy (non-hydrogen) atoms. The molecule has 1 amide bonds. The Morgan fingerprint density at radius 3 is 2.70 bits per heavy atom. The lowest BCUT2D eigenvalue weighted by Gasteiger charge is -2.26. The van der Waals surface area contributed by atoms with Crippen LogP contribution in [0.1, 0.15) is 50.4 Å². The van der Waals surface area contributed by atoms with Gasteiger partial charge in [-0.2, -0.15) is 0 Å². The summed E-state index contributed by atoms with van der Waals surface area (Å²) >= 11 is 0. The fraction of sp³-hybridized carbons (Fsp3) is 0.450. The van der Waals surface area contributed by atoms with E-state index < -0.39 is 0 Å². The first-order valence-corrected chi connectivity index (χ1v) is 8.43. The van der Waals surface area contributed by atoms with Crippen LogP contribution in [0.25, 0.3) is 0 Å². The lowest BCUT2D eigenvalue weighted by molar-refractivity contribution is -0.130. The van der Waals surface area contributed by atoms with Crippen molar-refractivity contribution in [3.8, 4) is 0 Å². The summed E-state index contributed by atoms with van der Waals surface area (Å²) in [6, 6.07) is 14.4. The molecule has 3 heteroatoms. The molecule has 1 aliphatic heterocycles. The molecule has 0 saturated carbocycles. The molecule has 1 aliphatic rings. The van der Waals surface area contributed by atoms with Gasteiger partial charge in [0.15, 0.2) is 0 Å². The Bertz CT molecular complexity index is 631. The van der Waals surface area contributed by atoms with Crippen molar-refractivity contribution in [3.63, 3.8) is 0 Å². The van der Waals surface area contributed by atoms with Crippen molar-refractivity contribution in [1.82, 2.24) is 4.90 Å². The molecule has 2 aromatic rings. The minimum Gasteiger partial charge on any atom is -0.469 e. The van der Waals surface area contributed by atoms with Crippen molar-refractivity contribution in [2.75, 3.05) is 13.1 Å². The number of likely N-dealkylation sites (tertiary alicyclic amines) is 1. The van der Waals surface area contributed by atoms with Gasteiger partial charge >= 0.3 is 0 Å². The van der Waals surface area contributed by atoms with E-state index >= 15 is 0 Å². The molecule has 1 atom stereocenters. The molecule has 3 rings (SSSR count). The molecule has 1 aromatic carbocycles. The van der Waals surface area contributed by atoms with E-state index in [1.165, 1.54) is 5.56 Å². The number of carbonyl (C=O) groups is 1. The van der Waals surface area contributed by atoms with Crippen molar-refractivity contribution in [1.29, 1.82) is 0 Å². The van der Waals surface area contributed by atoms with Crippen LogP contribution in [0.15, 0.2) is 53.1 Å². The summed E-state index contributed by atoms with van der Waals surface area (Å²) in [5, 5.41) is 0. The highest BCUT2D eigenvalue weighted by Gasteiger charge is 2.30. The van der Waals surface area contributed by atoms with Crippen LogP contribution in [0.4, 0.5) is 0 Å². The van der Waals surface area contributed by atoms with E-state index in [-0.39, 0.29) is 11.3 Å². The average Bonchev–Trinajstić information content (AvgIpc) is 3.24. The maximum absolute atomic E-state index is 12.5. The van der Waals surface area contributed by atoms with E-state index in [1.54, 1.807) is 6.26 Å². The van der Waals surface area contributed by atoms with Gasteiger partial charge in [0.05, 0.1) is 6.26 Å². The van der Waals surface area contributed by atoms with Gasteiger partial charge in [-0.3, -0.25) is 4.79 Å². The molecule has 1 fully saturated rings. The minimum atomic E-state index is 0.0249. The van der Waals surface area contributed by atoms with Crippen LogP contribution in [0.5, 0.6) is 0 Å². The number of furan rings is 1. The fourth-order valence-electron chi connectivity index (χ4n) is 3.35. The van der Waals surface area contributed by atoms with Gasteiger partial charge in [0.25, 0.3) is 0 Å². The summed E-state index contributed by atoms with van der Waals surface area (Å²) in [6.45, 7) is 6.06. The van der Waals surface area contributed by atoms with E-state index in [0.717, 1.165) is 31.7 Å². The van der Waals surface area contributed by atoms with Crippen molar-refractivity contribution in [2.24, 2.45) is 0 Å². The fourth-order valence-corrected chi connectivity index (χ4v) is 3.35. The molecule has 1 aromatic heterocycles. The summed E-state index contributed by atoms with van der Waals surface area (Å²) in [5.74, 6) is 1.63. The monoisotopic (exact) mass is 311 g/mol. The van der Waals surface area contributed by atoms with Gasteiger partial charge in [0.1, 0.15) is 5.76 Å². The Labute approximate surface area is 138 Å². The van der Waals surface area contributed by atoms with Gasteiger partial charge in [-0.1, -0.05) is 44.2 Å². The third kappa shape index (κ3) is 3.66. The van der Waals surface area contributed by atoms with E-state index in [0.29, 0.717) is 12.3 Å². The first kappa shape index (κ1) is 15.9. The Morgan fingerprint density at radius 1 is 1.22 bits per heavy atom. The van der Waals surface area contributed by atoms with Gasteiger partial charge in [-0.15, -0.1) is 0 Å². The zero-order chi connectivity index (χ0) is 16.3. The Hall–Kier alpha value is -2.03. The quantitative estimate of drug-likeness (QED) is 0.822. The molecule has 0 aliphatic carbocycles. The van der Waals surface area contributed by atoms with Crippen LogP contribution < -0.4 is 0 Å². The number of carbonyl (C=O) groups excluding carboxylic acids is 1. The second kappa shape index (κ2) is 6.61. The second-order valence-electron chi connectivity index (χ2n) is 7.09. The zero-order valence-corrected chi connectivity index (χ0v) is 14.0. The summed E-state index contributed by atoms with van der Waals surface area (Å²) in [4.78, 5) is 14.5. The van der Waals surface area contributed by atoms with E-state index in [9.17, 15) is 4.79 Å². The largest absolute Gasteiger partial charge is 0.469 e. The first-order chi connectivity index (χ1) is 11.1. The predicted molar refractivity (Wildman–Crippen MR) is 91.3 cm³/mol. The predicted octanol–water partition coefficient (Wildman–Crippen LogP) is 4.35. The number of nitrogens with zero attached hydrogens (tertiary/aromatic N) is 1. The third-order valence-electron chi connectivity index (χ3n) is 5.01. The molecule has 0 N–H and O–H groups in total. The highest BCUT2D eigenvalue weighted by Crippen LogP contribution is 2.31. The van der Waals surface area contributed by atoms with E-state index in [4.69, 9.17) is 4.42 Å². The summed E-state index contributed by atoms with van der Waals surface area (Å²) in [5.41, 5.74) is 1.32. The number of rotatable bonds is 5. The smallest absolute Gasteiger partial charge is 0.222 e. The normalized spacial score (nSPS) is 18.3. The van der Waals surface area contributed by atoms with Crippen molar-refractivity contribution in [3.05, 3.63) is 60.1 Å². The zero-order valence-electron chi connectivity index (χ0n) is 14.0.